The van der Waals surface area contributed by atoms with Crippen LogP contribution in [0.2, 0.25) is 0 Å². The molecule has 1 aliphatic heterocycles. The van der Waals surface area contributed by atoms with Gasteiger partial charge in [0, 0.05) is 18.4 Å². The van der Waals surface area contributed by atoms with Gasteiger partial charge in [-0.3, -0.25) is 9.59 Å². The standard InChI is InChI=1S/C15H14N2O2/c1-10-3-2-4-11-12(10)17(14(19)13(11)18)9-15(5-6-15)7-8-16/h2-4H,5-7,9H2,1H3. The number of nitrogens with zero attached hydrogens (tertiary/aromatic N) is 2. The van der Waals surface area contributed by atoms with Gasteiger partial charge >= 0.3 is 0 Å². The number of rotatable bonds is 3. The lowest BCUT2D eigenvalue weighted by atomic mass is 10.0. The summed E-state index contributed by atoms with van der Waals surface area (Å²) in [4.78, 5) is 25.7. The van der Waals surface area contributed by atoms with E-state index in [1.165, 1.54) is 0 Å². The summed E-state index contributed by atoms with van der Waals surface area (Å²) in [5.74, 6) is -0.875. The average molecular weight is 254 g/mol. The highest BCUT2D eigenvalue weighted by Gasteiger charge is 2.48. The number of ketones is 1. The predicted octanol–water partition coefficient (Wildman–Crippen LogP) is 2.22. The van der Waals surface area contributed by atoms with Crippen LogP contribution in [0.1, 0.15) is 35.2 Å². The number of aryl methyl sites for hydroxylation is 1. The Hall–Kier alpha value is -2.15. The molecule has 96 valence electrons. The average Bonchev–Trinajstić information content (AvgIpc) is 3.10. The first-order valence-corrected chi connectivity index (χ1v) is 6.41. The minimum absolute atomic E-state index is 0.0887. The maximum Gasteiger partial charge on any atom is 0.299 e. The summed E-state index contributed by atoms with van der Waals surface area (Å²) >= 11 is 0. The van der Waals surface area contributed by atoms with Gasteiger partial charge in [-0.1, -0.05) is 12.1 Å². The summed E-state index contributed by atoms with van der Waals surface area (Å²) in [5, 5.41) is 8.86. The van der Waals surface area contributed by atoms with E-state index in [0.29, 0.717) is 18.5 Å². The zero-order chi connectivity index (χ0) is 13.6. The largest absolute Gasteiger partial charge is 0.304 e. The summed E-state index contributed by atoms with van der Waals surface area (Å²) < 4.78 is 0. The number of hydrogen-bond acceptors (Lipinski definition) is 3. The number of benzene rings is 1. The second-order valence-corrected chi connectivity index (χ2v) is 5.53. The van der Waals surface area contributed by atoms with Crippen LogP contribution < -0.4 is 4.90 Å². The minimum Gasteiger partial charge on any atom is -0.304 e. The van der Waals surface area contributed by atoms with Gasteiger partial charge in [-0.15, -0.1) is 0 Å². The van der Waals surface area contributed by atoms with Crippen molar-refractivity contribution in [2.24, 2.45) is 5.41 Å². The van der Waals surface area contributed by atoms with E-state index in [0.717, 1.165) is 24.1 Å². The molecule has 1 aromatic carbocycles. The molecule has 0 N–H and O–H groups in total. The van der Waals surface area contributed by atoms with E-state index >= 15 is 0 Å². The molecule has 0 radical (unpaired) electrons. The van der Waals surface area contributed by atoms with Gasteiger partial charge in [0.2, 0.25) is 0 Å². The fourth-order valence-electron chi connectivity index (χ4n) is 2.76. The minimum atomic E-state index is -0.450. The van der Waals surface area contributed by atoms with Gasteiger partial charge < -0.3 is 4.90 Å². The van der Waals surface area contributed by atoms with Crippen molar-refractivity contribution in [2.45, 2.75) is 26.2 Å². The number of nitriles is 1. The van der Waals surface area contributed by atoms with Gasteiger partial charge in [0.05, 0.1) is 17.3 Å². The Morgan fingerprint density at radius 1 is 1.37 bits per heavy atom. The summed E-state index contributed by atoms with van der Waals surface area (Å²) in [7, 11) is 0. The van der Waals surface area contributed by atoms with Gasteiger partial charge in [0.15, 0.2) is 0 Å². The van der Waals surface area contributed by atoms with Gasteiger partial charge in [0.25, 0.3) is 11.7 Å². The third-order valence-electron chi connectivity index (χ3n) is 4.10. The molecule has 0 unspecified atom stereocenters. The molecule has 0 atom stereocenters. The molecule has 4 nitrogen and oxygen atoms in total. The van der Waals surface area contributed by atoms with Crippen molar-refractivity contribution in [2.75, 3.05) is 11.4 Å². The Morgan fingerprint density at radius 3 is 2.74 bits per heavy atom. The lowest BCUT2D eigenvalue weighted by molar-refractivity contribution is -0.114. The quantitative estimate of drug-likeness (QED) is 0.777. The SMILES string of the molecule is Cc1cccc2c1N(CC1(CC#N)CC1)C(=O)C2=O. The first kappa shape index (κ1) is 11.9. The number of para-hydroxylation sites is 1. The Kier molecular flexibility index (Phi) is 2.46. The maximum absolute atomic E-state index is 12.1. The van der Waals surface area contributed by atoms with Crippen molar-refractivity contribution >= 4 is 17.4 Å². The topological polar surface area (TPSA) is 61.2 Å². The summed E-state index contributed by atoms with van der Waals surface area (Å²) in [6.07, 6.45) is 2.37. The van der Waals surface area contributed by atoms with Crippen LogP contribution in [0.5, 0.6) is 0 Å². The van der Waals surface area contributed by atoms with Crippen LogP contribution in [0.15, 0.2) is 18.2 Å². The number of Topliss-reactive ketones (excluding diaryl/α,β-unsaturated/α-hetero) is 1. The second-order valence-electron chi connectivity index (χ2n) is 5.53. The van der Waals surface area contributed by atoms with E-state index in [2.05, 4.69) is 6.07 Å². The number of anilines is 1. The van der Waals surface area contributed by atoms with Crippen molar-refractivity contribution in [1.82, 2.24) is 0 Å². The molecule has 1 saturated carbocycles. The van der Waals surface area contributed by atoms with Gasteiger partial charge in [0.1, 0.15) is 0 Å². The summed E-state index contributed by atoms with van der Waals surface area (Å²) in [6.45, 7) is 2.39. The van der Waals surface area contributed by atoms with E-state index in [-0.39, 0.29) is 5.41 Å². The lowest BCUT2D eigenvalue weighted by Gasteiger charge is -2.23. The van der Waals surface area contributed by atoms with Crippen LogP contribution >= 0.6 is 0 Å². The molecular weight excluding hydrogens is 240 g/mol. The number of fused-ring (bicyclic) bond motifs is 1. The molecule has 2 aliphatic rings. The molecule has 3 rings (SSSR count). The van der Waals surface area contributed by atoms with E-state index in [9.17, 15) is 9.59 Å². The fraction of sp³-hybridized carbons (Fsp3) is 0.400. The number of amides is 1. The van der Waals surface area contributed by atoms with E-state index in [1.54, 1.807) is 17.0 Å². The highest BCUT2D eigenvalue weighted by atomic mass is 16.2. The molecule has 4 heteroatoms. The predicted molar refractivity (Wildman–Crippen MR) is 69.8 cm³/mol. The molecule has 0 saturated heterocycles. The Labute approximate surface area is 111 Å². The first-order valence-electron chi connectivity index (χ1n) is 6.41. The normalized spacial score (nSPS) is 19.3. The Balaban J connectivity index is 1.98. The zero-order valence-electron chi connectivity index (χ0n) is 10.8. The van der Waals surface area contributed by atoms with Gasteiger partial charge in [-0.25, -0.2) is 0 Å². The molecule has 1 amide bonds. The van der Waals surface area contributed by atoms with E-state index < -0.39 is 11.7 Å². The molecule has 1 heterocycles. The highest BCUT2D eigenvalue weighted by Crippen LogP contribution is 2.50. The van der Waals surface area contributed by atoms with Crippen LogP contribution in [-0.2, 0) is 4.79 Å². The van der Waals surface area contributed by atoms with Crippen molar-refractivity contribution < 1.29 is 9.59 Å². The third-order valence-corrected chi connectivity index (χ3v) is 4.10. The second kappa shape index (κ2) is 3.92. The van der Waals surface area contributed by atoms with Crippen LogP contribution in [-0.4, -0.2) is 18.2 Å². The fourth-order valence-corrected chi connectivity index (χ4v) is 2.76. The number of hydrogen-bond donors (Lipinski definition) is 0. The van der Waals surface area contributed by atoms with E-state index in [4.69, 9.17) is 5.26 Å². The van der Waals surface area contributed by atoms with Crippen molar-refractivity contribution in [3.05, 3.63) is 29.3 Å². The Morgan fingerprint density at radius 2 is 2.11 bits per heavy atom. The smallest absolute Gasteiger partial charge is 0.299 e. The molecule has 1 aromatic rings. The van der Waals surface area contributed by atoms with Crippen molar-refractivity contribution in [3.8, 4) is 6.07 Å². The van der Waals surface area contributed by atoms with Crippen molar-refractivity contribution in [3.63, 3.8) is 0 Å². The monoisotopic (exact) mass is 254 g/mol. The molecule has 1 aliphatic carbocycles. The van der Waals surface area contributed by atoms with Crippen LogP contribution in [0.4, 0.5) is 5.69 Å². The highest BCUT2D eigenvalue weighted by molar-refractivity contribution is 6.52. The molecule has 0 spiro atoms. The van der Waals surface area contributed by atoms with Gasteiger partial charge in [-0.2, -0.15) is 5.26 Å². The molecule has 19 heavy (non-hydrogen) atoms. The third kappa shape index (κ3) is 1.74. The van der Waals surface area contributed by atoms with Crippen LogP contribution in [0.3, 0.4) is 0 Å². The maximum atomic E-state index is 12.1. The number of carbonyl (C=O) groups excluding carboxylic acids is 2. The van der Waals surface area contributed by atoms with Crippen LogP contribution in [0, 0.1) is 23.7 Å². The van der Waals surface area contributed by atoms with Crippen LogP contribution in [0.25, 0.3) is 0 Å². The Bertz CT molecular complexity index is 624. The molecular formula is C15H14N2O2. The summed E-state index contributed by atoms with van der Waals surface area (Å²) in [6, 6.07) is 7.59. The van der Waals surface area contributed by atoms with E-state index in [1.807, 2.05) is 13.0 Å². The van der Waals surface area contributed by atoms with Gasteiger partial charge in [-0.05, 0) is 31.4 Å². The lowest BCUT2D eigenvalue weighted by Crippen LogP contribution is -2.35. The first-order chi connectivity index (χ1) is 9.08. The summed E-state index contributed by atoms with van der Waals surface area (Å²) in [5.41, 5.74) is 2.08. The zero-order valence-corrected chi connectivity index (χ0v) is 10.8. The molecule has 0 aromatic heterocycles. The van der Waals surface area contributed by atoms with Crippen molar-refractivity contribution in [1.29, 1.82) is 5.26 Å². The molecule has 1 fully saturated rings. The number of carbonyl (C=O) groups is 2. The molecule has 0 bridgehead atoms.